The number of hydrogen-bond donors (Lipinski definition) is 1. The summed E-state index contributed by atoms with van der Waals surface area (Å²) in [4.78, 5) is 10.5. The largest absolute Gasteiger partial charge is 0.488 e. The summed E-state index contributed by atoms with van der Waals surface area (Å²) in [6, 6.07) is 0.275. The van der Waals surface area contributed by atoms with Gasteiger partial charge in [0.25, 0.3) is 0 Å². The van der Waals surface area contributed by atoms with E-state index in [1.807, 2.05) is 0 Å². The van der Waals surface area contributed by atoms with Crippen molar-refractivity contribution in [1.29, 1.82) is 0 Å². The van der Waals surface area contributed by atoms with Crippen molar-refractivity contribution in [2.45, 2.75) is 6.92 Å². The first kappa shape index (κ1) is 11.4. The van der Waals surface area contributed by atoms with E-state index in [4.69, 9.17) is 5.11 Å². The molecular weight excluding hydrogens is 213 g/mol. The molecule has 0 atom stereocenters. The van der Waals surface area contributed by atoms with Crippen molar-refractivity contribution in [2.75, 3.05) is 6.61 Å². The monoisotopic (exact) mass is 220 g/mol. The zero-order chi connectivity index (χ0) is 11.6. The third-order valence-corrected chi connectivity index (χ3v) is 1.63. The number of aromatic carboxylic acids is 1. The molecule has 0 amide bonds. The van der Waals surface area contributed by atoms with Gasteiger partial charge in [0, 0.05) is 6.07 Å². The molecule has 0 saturated carbocycles. The number of ether oxygens (including phenoxy) is 1. The minimum absolute atomic E-state index is 0.0570. The van der Waals surface area contributed by atoms with Gasteiger partial charge >= 0.3 is 5.97 Å². The number of carboxylic acid groups (broad SMARTS) is 1. The molecule has 0 heterocycles. The molecule has 0 aromatic heterocycles. The minimum Gasteiger partial charge on any atom is -0.488 e. The average Bonchev–Trinajstić information content (AvgIpc) is 2.11. The van der Waals surface area contributed by atoms with Gasteiger partial charge < -0.3 is 9.84 Å². The van der Waals surface area contributed by atoms with E-state index in [1.165, 1.54) is 6.92 Å². The molecule has 1 N–H and O–H groups in total. The molecule has 82 valence electrons. The first-order valence-electron chi connectivity index (χ1n) is 4.02. The number of carboxylic acids is 1. The Labute approximate surface area is 83.1 Å². The van der Waals surface area contributed by atoms with Crippen LogP contribution in [0.2, 0.25) is 0 Å². The number of hydrogen-bond acceptors (Lipinski definition) is 2. The summed E-state index contributed by atoms with van der Waals surface area (Å²) in [5.41, 5.74) is -1.22. The van der Waals surface area contributed by atoms with Crippen LogP contribution >= 0.6 is 0 Å². The summed E-state index contributed by atoms with van der Waals surface area (Å²) in [7, 11) is 0. The molecular formula is C9H7F3O3. The van der Waals surface area contributed by atoms with Crippen LogP contribution in [-0.2, 0) is 0 Å². The van der Waals surface area contributed by atoms with Crippen molar-refractivity contribution < 1.29 is 27.8 Å². The second kappa shape index (κ2) is 4.20. The van der Waals surface area contributed by atoms with Crippen LogP contribution in [0, 0.1) is 17.5 Å². The number of rotatable bonds is 3. The fraction of sp³-hybridized carbons (Fsp3) is 0.222. The van der Waals surface area contributed by atoms with E-state index in [9.17, 15) is 18.0 Å². The van der Waals surface area contributed by atoms with Crippen LogP contribution in [0.15, 0.2) is 6.07 Å². The van der Waals surface area contributed by atoms with Gasteiger partial charge in [-0.25, -0.2) is 18.0 Å². The van der Waals surface area contributed by atoms with Crippen LogP contribution in [0.5, 0.6) is 5.75 Å². The van der Waals surface area contributed by atoms with Gasteiger partial charge in [0.15, 0.2) is 17.4 Å². The van der Waals surface area contributed by atoms with E-state index in [0.29, 0.717) is 0 Å². The van der Waals surface area contributed by atoms with Crippen molar-refractivity contribution in [3.63, 3.8) is 0 Å². The average molecular weight is 220 g/mol. The summed E-state index contributed by atoms with van der Waals surface area (Å²) in [6.45, 7) is 1.40. The Morgan fingerprint density at radius 3 is 2.47 bits per heavy atom. The highest BCUT2D eigenvalue weighted by atomic mass is 19.1. The van der Waals surface area contributed by atoms with Crippen molar-refractivity contribution in [3.05, 3.63) is 29.1 Å². The Morgan fingerprint density at radius 2 is 2.00 bits per heavy atom. The first-order chi connectivity index (χ1) is 6.99. The molecule has 1 rings (SSSR count). The van der Waals surface area contributed by atoms with Crippen LogP contribution in [0.3, 0.4) is 0 Å². The quantitative estimate of drug-likeness (QED) is 0.849. The Hall–Kier alpha value is -1.72. The molecule has 0 aliphatic heterocycles. The van der Waals surface area contributed by atoms with Crippen LogP contribution in [-0.4, -0.2) is 17.7 Å². The lowest BCUT2D eigenvalue weighted by Crippen LogP contribution is -2.09. The van der Waals surface area contributed by atoms with Gasteiger partial charge in [-0.2, -0.15) is 0 Å². The van der Waals surface area contributed by atoms with Crippen molar-refractivity contribution in [1.82, 2.24) is 0 Å². The Kier molecular flexibility index (Phi) is 3.18. The fourth-order valence-corrected chi connectivity index (χ4v) is 1.04. The lowest BCUT2D eigenvalue weighted by atomic mass is 10.2. The summed E-state index contributed by atoms with van der Waals surface area (Å²) < 4.78 is 43.6. The van der Waals surface area contributed by atoms with Crippen molar-refractivity contribution in [3.8, 4) is 5.75 Å². The van der Waals surface area contributed by atoms with Crippen LogP contribution in [0.25, 0.3) is 0 Å². The molecule has 1 aromatic rings. The van der Waals surface area contributed by atoms with E-state index in [0.717, 1.165) is 0 Å². The second-order valence-electron chi connectivity index (χ2n) is 2.60. The van der Waals surface area contributed by atoms with Gasteiger partial charge in [0.2, 0.25) is 0 Å². The Morgan fingerprint density at radius 1 is 1.40 bits per heavy atom. The molecule has 3 nitrogen and oxygen atoms in total. The molecule has 0 bridgehead atoms. The highest BCUT2D eigenvalue weighted by Crippen LogP contribution is 2.27. The van der Waals surface area contributed by atoms with Gasteiger partial charge in [-0.1, -0.05) is 0 Å². The molecule has 1 aromatic carbocycles. The molecule has 0 aliphatic carbocycles. The van der Waals surface area contributed by atoms with Gasteiger partial charge in [-0.15, -0.1) is 0 Å². The zero-order valence-corrected chi connectivity index (χ0v) is 7.68. The SMILES string of the molecule is CCOc1c(F)cc(F)c(C(=O)O)c1F. The van der Waals surface area contributed by atoms with E-state index in [-0.39, 0.29) is 12.7 Å². The molecule has 0 fully saturated rings. The molecule has 0 radical (unpaired) electrons. The topological polar surface area (TPSA) is 46.5 Å². The van der Waals surface area contributed by atoms with Crippen LogP contribution in [0.4, 0.5) is 13.2 Å². The van der Waals surface area contributed by atoms with Gasteiger partial charge in [0.05, 0.1) is 6.61 Å². The highest BCUT2D eigenvalue weighted by Gasteiger charge is 2.24. The van der Waals surface area contributed by atoms with Crippen molar-refractivity contribution in [2.24, 2.45) is 0 Å². The Balaban J connectivity index is 3.42. The summed E-state index contributed by atoms with van der Waals surface area (Å²) in [5, 5.41) is 8.47. The molecule has 0 saturated heterocycles. The predicted octanol–water partition coefficient (Wildman–Crippen LogP) is 2.20. The van der Waals surface area contributed by atoms with E-state index in [1.54, 1.807) is 0 Å². The first-order valence-corrected chi connectivity index (χ1v) is 4.02. The molecule has 15 heavy (non-hydrogen) atoms. The zero-order valence-electron chi connectivity index (χ0n) is 7.68. The minimum atomic E-state index is -1.81. The number of benzene rings is 1. The highest BCUT2D eigenvalue weighted by molar-refractivity contribution is 5.88. The maximum absolute atomic E-state index is 13.2. The van der Waals surface area contributed by atoms with E-state index in [2.05, 4.69) is 4.74 Å². The van der Waals surface area contributed by atoms with Gasteiger partial charge in [-0.3, -0.25) is 0 Å². The lowest BCUT2D eigenvalue weighted by molar-refractivity contribution is 0.0684. The fourth-order valence-electron chi connectivity index (χ4n) is 1.04. The smallest absolute Gasteiger partial charge is 0.341 e. The normalized spacial score (nSPS) is 10.1. The van der Waals surface area contributed by atoms with E-state index >= 15 is 0 Å². The summed E-state index contributed by atoms with van der Waals surface area (Å²) >= 11 is 0. The van der Waals surface area contributed by atoms with Crippen LogP contribution in [0.1, 0.15) is 17.3 Å². The van der Waals surface area contributed by atoms with Crippen molar-refractivity contribution >= 4 is 5.97 Å². The standard InChI is InChI=1S/C9H7F3O3/c1-2-15-8-5(11)3-4(10)6(7(8)12)9(13)14/h3H,2H2,1H3,(H,13,14). The van der Waals surface area contributed by atoms with Gasteiger partial charge in [-0.05, 0) is 6.92 Å². The predicted molar refractivity (Wildman–Crippen MR) is 44.4 cm³/mol. The lowest BCUT2D eigenvalue weighted by Gasteiger charge is -2.08. The third-order valence-electron chi connectivity index (χ3n) is 1.63. The second-order valence-corrected chi connectivity index (χ2v) is 2.60. The summed E-state index contributed by atoms with van der Waals surface area (Å²) in [6.07, 6.45) is 0. The maximum atomic E-state index is 13.2. The van der Waals surface area contributed by atoms with Crippen LogP contribution < -0.4 is 4.74 Å². The maximum Gasteiger partial charge on any atom is 0.341 e. The molecule has 0 unspecified atom stereocenters. The molecule has 0 spiro atoms. The number of halogens is 3. The Bertz CT molecular complexity index is 404. The number of carbonyl (C=O) groups is 1. The molecule has 0 aliphatic rings. The van der Waals surface area contributed by atoms with Gasteiger partial charge in [0.1, 0.15) is 11.4 Å². The van der Waals surface area contributed by atoms with E-state index < -0.39 is 34.7 Å². The third kappa shape index (κ3) is 2.03. The summed E-state index contributed by atoms with van der Waals surface area (Å²) in [5.74, 6) is -6.97. The molecule has 6 heteroatoms.